The molecule has 1 aliphatic heterocycles. The van der Waals surface area contributed by atoms with E-state index in [-0.39, 0.29) is 0 Å². The number of rotatable bonds is 5. The second-order valence-electron chi connectivity index (χ2n) is 7.61. The maximum absolute atomic E-state index is 13.0. The SMILES string of the molecule is COC(=O)[C@H]1C(=O)NC(SCc2cccc3ccccc23)=C(C#N)[C@@H]1c1ccccc1C. The van der Waals surface area contributed by atoms with Crippen LogP contribution in [0.4, 0.5) is 0 Å². The van der Waals surface area contributed by atoms with E-state index in [9.17, 15) is 14.9 Å². The fraction of sp³-hybridized carbons (Fsp3) is 0.192. The summed E-state index contributed by atoms with van der Waals surface area (Å²) in [6.45, 7) is 1.91. The zero-order valence-corrected chi connectivity index (χ0v) is 18.6. The van der Waals surface area contributed by atoms with Crippen LogP contribution in [0, 0.1) is 24.2 Å². The molecule has 0 aliphatic carbocycles. The van der Waals surface area contributed by atoms with Crippen molar-refractivity contribution in [3.63, 3.8) is 0 Å². The summed E-state index contributed by atoms with van der Waals surface area (Å²) in [6.07, 6.45) is 0. The molecule has 1 N–H and O–H groups in total. The lowest BCUT2D eigenvalue weighted by Gasteiger charge is -2.31. The Bertz CT molecular complexity index is 1270. The second kappa shape index (κ2) is 9.29. The molecule has 0 fully saturated rings. The molecule has 6 heteroatoms. The minimum atomic E-state index is -1.11. The topological polar surface area (TPSA) is 79.2 Å². The Morgan fingerprint density at radius 1 is 1.09 bits per heavy atom. The highest BCUT2D eigenvalue weighted by Crippen LogP contribution is 2.42. The average molecular weight is 443 g/mol. The van der Waals surface area contributed by atoms with E-state index < -0.39 is 23.7 Å². The molecular weight excluding hydrogens is 420 g/mol. The van der Waals surface area contributed by atoms with Gasteiger partial charge in [-0.15, -0.1) is 11.8 Å². The van der Waals surface area contributed by atoms with E-state index in [0.717, 1.165) is 27.5 Å². The van der Waals surface area contributed by atoms with E-state index in [1.807, 2.05) is 55.5 Å². The molecule has 1 aliphatic rings. The molecule has 4 rings (SSSR count). The molecule has 1 heterocycles. The van der Waals surface area contributed by atoms with Gasteiger partial charge in [-0.25, -0.2) is 0 Å². The first-order valence-electron chi connectivity index (χ1n) is 10.2. The zero-order chi connectivity index (χ0) is 22.7. The third kappa shape index (κ3) is 4.00. The number of thioether (sulfide) groups is 1. The first-order valence-corrected chi connectivity index (χ1v) is 11.2. The van der Waals surface area contributed by atoms with E-state index in [4.69, 9.17) is 4.74 Å². The highest BCUT2D eigenvalue weighted by Gasteiger charge is 2.44. The van der Waals surface area contributed by atoms with Crippen LogP contribution in [-0.4, -0.2) is 19.0 Å². The summed E-state index contributed by atoms with van der Waals surface area (Å²) in [6, 6.07) is 24.0. The molecule has 3 aromatic carbocycles. The number of ether oxygens (including phenoxy) is 1. The van der Waals surface area contributed by atoms with Crippen molar-refractivity contribution in [1.29, 1.82) is 5.26 Å². The van der Waals surface area contributed by atoms with Gasteiger partial charge in [0.15, 0.2) is 0 Å². The van der Waals surface area contributed by atoms with Crippen molar-refractivity contribution in [2.75, 3.05) is 7.11 Å². The summed E-state index contributed by atoms with van der Waals surface area (Å²) >= 11 is 1.40. The van der Waals surface area contributed by atoms with Crippen LogP contribution in [0.1, 0.15) is 22.6 Å². The molecule has 0 saturated heterocycles. The molecule has 160 valence electrons. The van der Waals surface area contributed by atoms with Gasteiger partial charge in [-0.2, -0.15) is 5.26 Å². The monoisotopic (exact) mass is 442 g/mol. The van der Waals surface area contributed by atoms with Gasteiger partial charge in [-0.1, -0.05) is 66.7 Å². The summed E-state index contributed by atoms with van der Waals surface area (Å²) in [4.78, 5) is 25.6. The van der Waals surface area contributed by atoms with Gasteiger partial charge < -0.3 is 10.1 Å². The van der Waals surface area contributed by atoms with Crippen molar-refractivity contribution >= 4 is 34.4 Å². The number of nitrogens with zero attached hydrogens (tertiary/aromatic N) is 1. The average Bonchev–Trinajstić information content (AvgIpc) is 2.82. The van der Waals surface area contributed by atoms with Crippen molar-refractivity contribution in [1.82, 2.24) is 5.32 Å². The summed E-state index contributed by atoms with van der Waals surface area (Å²) in [5.74, 6) is -2.34. The predicted molar refractivity (Wildman–Crippen MR) is 125 cm³/mol. The number of fused-ring (bicyclic) bond motifs is 1. The Balaban J connectivity index is 1.76. The molecule has 0 saturated carbocycles. The van der Waals surface area contributed by atoms with Crippen LogP contribution in [0.2, 0.25) is 0 Å². The van der Waals surface area contributed by atoms with Crippen LogP contribution in [0.3, 0.4) is 0 Å². The molecule has 0 aromatic heterocycles. The lowest BCUT2D eigenvalue weighted by Crippen LogP contribution is -2.44. The number of methoxy groups -OCH3 is 1. The summed E-state index contributed by atoms with van der Waals surface area (Å²) < 4.78 is 4.92. The second-order valence-corrected chi connectivity index (χ2v) is 8.59. The van der Waals surface area contributed by atoms with Gasteiger partial charge in [-0.05, 0) is 34.4 Å². The smallest absolute Gasteiger partial charge is 0.319 e. The molecule has 3 aromatic rings. The number of hydrogen-bond donors (Lipinski definition) is 1. The number of benzene rings is 3. The Morgan fingerprint density at radius 3 is 2.56 bits per heavy atom. The molecule has 2 atom stereocenters. The predicted octanol–water partition coefficient (Wildman–Crippen LogP) is 4.82. The minimum absolute atomic E-state index is 0.375. The van der Waals surface area contributed by atoms with E-state index in [2.05, 4.69) is 29.6 Å². The van der Waals surface area contributed by atoms with Crippen LogP contribution >= 0.6 is 11.8 Å². The molecule has 5 nitrogen and oxygen atoms in total. The van der Waals surface area contributed by atoms with E-state index in [1.54, 1.807) is 0 Å². The fourth-order valence-corrected chi connectivity index (χ4v) is 5.21. The molecular formula is C26H22N2O3S. The molecule has 0 bridgehead atoms. The minimum Gasteiger partial charge on any atom is -0.468 e. The largest absolute Gasteiger partial charge is 0.468 e. The van der Waals surface area contributed by atoms with Crippen LogP contribution in [0.5, 0.6) is 0 Å². The van der Waals surface area contributed by atoms with E-state index in [0.29, 0.717) is 16.4 Å². The standard InChI is InChI=1S/C26H22N2O3S/c1-16-8-3-5-12-19(16)22-21(14-27)25(28-24(29)23(22)26(30)31-2)32-15-18-11-7-10-17-9-4-6-13-20(17)18/h3-13,22-23H,15H2,1-2H3,(H,28,29)/t22-,23+/m0/s1. The molecule has 1 amide bonds. The van der Waals surface area contributed by atoms with Gasteiger partial charge in [0.05, 0.1) is 23.8 Å². The number of hydrogen-bond acceptors (Lipinski definition) is 5. The van der Waals surface area contributed by atoms with Crippen molar-refractivity contribution in [3.8, 4) is 6.07 Å². The van der Waals surface area contributed by atoms with Gasteiger partial charge in [-0.3, -0.25) is 9.59 Å². The molecule has 0 spiro atoms. The Hall–Kier alpha value is -3.56. The number of esters is 1. The fourth-order valence-electron chi connectivity index (χ4n) is 4.16. The first kappa shape index (κ1) is 21.7. The highest BCUT2D eigenvalue weighted by atomic mass is 32.2. The van der Waals surface area contributed by atoms with Crippen molar-refractivity contribution in [2.24, 2.45) is 5.92 Å². The van der Waals surface area contributed by atoms with E-state index in [1.165, 1.54) is 18.9 Å². The summed E-state index contributed by atoms with van der Waals surface area (Å²) in [5, 5.41) is 15.6. The van der Waals surface area contributed by atoms with Crippen LogP contribution in [0.15, 0.2) is 77.3 Å². The number of allylic oxidation sites excluding steroid dienone is 1. The normalized spacial score (nSPS) is 18.2. The lowest BCUT2D eigenvalue weighted by molar-refractivity contribution is -0.150. The van der Waals surface area contributed by atoms with Gasteiger partial charge in [0.2, 0.25) is 5.91 Å². The quantitative estimate of drug-likeness (QED) is 0.453. The van der Waals surface area contributed by atoms with Crippen molar-refractivity contribution < 1.29 is 14.3 Å². The number of nitriles is 1. The van der Waals surface area contributed by atoms with Crippen LogP contribution in [0.25, 0.3) is 10.8 Å². The Kier molecular flexibility index (Phi) is 6.29. The highest BCUT2D eigenvalue weighted by molar-refractivity contribution is 8.02. The number of carbonyl (C=O) groups excluding carboxylic acids is 2. The number of amides is 1. The summed E-state index contributed by atoms with van der Waals surface area (Å²) in [5.41, 5.74) is 3.17. The van der Waals surface area contributed by atoms with Gasteiger partial charge in [0.1, 0.15) is 5.92 Å². The van der Waals surface area contributed by atoms with Gasteiger partial charge >= 0.3 is 5.97 Å². The molecule has 0 unspecified atom stereocenters. The first-order chi connectivity index (χ1) is 15.5. The van der Waals surface area contributed by atoms with Crippen LogP contribution in [-0.2, 0) is 20.1 Å². The maximum atomic E-state index is 13.0. The lowest BCUT2D eigenvalue weighted by atomic mass is 9.77. The summed E-state index contributed by atoms with van der Waals surface area (Å²) in [7, 11) is 1.26. The maximum Gasteiger partial charge on any atom is 0.319 e. The van der Waals surface area contributed by atoms with Gasteiger partial charge in [0.25, 0.3) is 0 Å². The number of nitrogens with one attached hydrogen (secondary N) is 1. The van der Waals surface area contributed by atoms with Crippen LogP contribution < -0.4 is 5.32 Å². The molecule has 0 radical (unpaired) electrons. The number of carbonyl (C=O) groups is 2. The third-order valence-electron chi connectivity index (χ3n) is 5.76. The Labute approximate surface area is 191 Å². The third-order valence-corrected chi connectivity index (χ3v) is 6.83. The van der Waals surface area contributed by atoms with Crippen molar-refractivity contribution in [2.45, 2.75) is 18.6 Å². The Morgan fingerprint density at radius 2 is 1.81 bits per heavy atom. The van der Waals surface area contributed by atoms with E-state index >= 15 is 0 Å². The van der Waals surface area contributed by atoms with Crippen molar-refractivity contribution in [3.05, 3.63) is 94.0 Å². The van der Waals surface area contributed by atoms with Gasteiger partial charge in [0, 0.05) is 11.7 Å². The number of aryl methyl sites for hydroxylation is 1. The zero-order valence-electron chi connectivity index (χ0n) is 17.8. The molecule has 32 heavy (non-hydrogen) atoms.